The van der Waals surface area contributed by atoms with Gasteiger partial charge in [-0.2, -0.15) is 10.2 Å². The molecule has 0 aliphatic carbocycles. The summed E-state index contributed by atoms with van der Waals surface area (Å²) in [6.07, 6.45) is 3.61. The molecule has 0 fully saturated rings. The molecule has 0 saturated heterocycles. The van der Waals surface area contributed by atoms with E-state index in [1.54, 1.807) is 6.20 Å². The van der Waals surface area contributed by atoms with Gasteiger partial charge in [-0.15, -0.1) is 5.10 Å². The number of aryl methyl sites for hydroxylation is 2. The smallest absolute Gasteiger partial charge is 0.116 e. The van der Waals surface area contributed by atoms with E-state index in [0.29, 0.717) is 0 Å². The lowest BCUT2D eigenvalue weighted by molar-refractivity contribution is 0.776. The predicted octanol–water partition coefficient (Wildman–Crippen LogP) is 3.01. The monoisotopic (exact) mass is 329 g/mol. The van der Waals surface area contributed by atoms with Crippen molar-refractivity contribution in [3.63, 3.8) is 0 Å². The Balaban J connectivity index is 1.76. The molecule has 0 unspecified atom stereocenters. The molecule has 2 aromatic carbocycles. The molecular weight excluding hydrogens is 314 g/mol. The van der Waals surface area contributed by atoms with E-state index in [1.165, 1.54) is 0 Å². The van der Waals surface area contributed by atoms with Crippen LogP contribution in [-0.2, 0) is 7.05 Å². The summed E-state index contributed by atoms with van der Waals surface area (Å²) in [5.74, 6) is 0. The number of hydrogen-bond donors (Lipinski definition) is 1. The summed E-state index contributed by atoms with van der Waals surface area (Å²) < 4.78 is 3.73. The van der Waals surface area contributed by atoms with Crippen LogP contribution in [0.2, 0.25) is 0 Å². The quantitative estimate of drug-likeness (QED) is 0.540. The molecule has 1 N–H and O–H groups in total. The van der Waals surface area contributed by atoms with Gasteiger partial charge in [0.2, 0.25) is 0 Å². The Hall–Kier alpha value is -3.48. The molecule has 122 valence electrons. The van der Waals surface area contributed by atoms with Crippen LogP contribution in [-0.4, -0.2) is 35.0 Å². The zero-order valence-corrected chi connectivity index (χ0v) is 13.8. The third kappa shape index (κ3) is 2.06. The Bertz CT molecular complexity index is 1220. The summed E-state index contributed by atoms with van der Waals surface area (Å²) in [7, 11) is 1.94. The maximum Gasteiger partial charge on any atom is 0.116 e. The first-order valence-electron chi connectivity index (χ1n) is 7.99. The Morgan fingerprint density at radius 2 is 2.00 bits per heavy atom. The van der Waals surface area contributed by atoms with E-state index in [0.717, 1.165) is 44.4 Å². The van der Waals surface area contributed by atoms with Gasteiger partial charge in [0, 0.05) is 24.2 Å². The third-order valence-corrected chi connectivity index (χ3v) is 4.53. The van der Waals surface area contributed by atoms with Gasteiger partial charge in [0.1, 0.15) is 5.52 Å². The van der Waals surface area contributed by atoms with Crippen molar-refractivity contribution in [1.29, 1.82) is 0 Å². The van der Waals surface area contributed by atoms with Crippen molar-refractivity contribution in [2.75, 3.05) is 0 Å². The van der Waals surface area contributed by atoms with E-state index < -0.39 is 0 Å². The summed E-state index contributed by atoms with van der Waals surface area (Å²) in [5.41, 5.74) is 7.02. The van der Waals surface area contributed by atoms with Crippen molar-refractivity contribution in [2.45, 2.75) is 6.92 Å². The lowest BCUT2D eigenvalue weighted by Crippen LogP contribution is -1.98. The van der Waals surface area contributed by atoms with Crippen LogP contribution in [0.25, 0.3) is 38.9 Å². The molecule has 0 aliphatic heterocycles. The normalized spacial score (nSPS) is 11.6. The first kappa shape index (κ1) is 13.9. The average Bonchev–Trinajstić information content (AvgIpc) is 3.32. The minimum Gasteiger partial charge on any atom is -0.278 e. The van der Waals surface area contributed by atoms with Gasteiger partial charge in [-0.05, 0) is 48.9 Å². The molecule has 0 radical (unpaired) electrons. The van der Waals surface area contributed by atoms with Crippen LogP contribution in [0.1, 0.15) is 5.56 Å². The second-order valence-corrected chi connectivity index (χ2v) is 6.14. The van der Waals surface area contributed by atoms with E-state index in [2.05, 4.69) is 44.7 Å². The highest BCUT2D eigenvalue weighted by Gasteiger charge is 2.13. The number of aromatic amines is 1. The molecule has 0 aliphatic rings. The first-order chi connectivity index (χ1) is 12.2. The molecule has 7 heteroatoms. The minimum absolute atomic E-state index is 0.899. The van der Waals surface area contributed by atoms with Gasteiger partial charge in [0.25, 0.3) is 0 Å². The van der Waals surface area contributed by atoms with Crippen molar-refractivity contribution in [3.8, 4) is 16.9 Å². The number of nitrogens with zero attached hydrogens (tertiary/aromatic N) is 6. The highest BCUT2D eigenvalue weighted by molar-refractivity contribution is 5.86. The summed E-state index contributed by atoms with van der Waals surface area (Å²) in [6.45, 7) is 2.05. The molecule has 7 nitrogen and oxygen atoms in total. The first-order valence-corrected chi connectivity index (χ1v) is 7.99. The average molecular weight is 329 g/mol. The van der Waals surface area contributed by atoms with E-state index >= 15 is 0 Å². The SMILES string of the molecule is Cc1cc(-c2ccnn2C)cc2c1nnn2-c1ccc2cn[nH]c2c1. The Morgan fingerprint density at radius 1 is 1.08 bits per heavy atom. The molecule has 0 saturated carbocycles. The van der Waals surface area contributed by atoms with E-state index in [1.807, 2.05) is 46.9 Å². The number of benzene rings is 2. The highest BCUT2D eigenvalue weighted by atomic mass is 15.4. The van der Waals surface area contributed by atoms with Gasteiger partial charge in [-0.1, -0.05) is 5.21 Å². The lowest BCUT2D eigenvalue weighted by atomic mass is 10.1. The summed E-state index contributed by atoms with van der Waals surface area (Å²) in [4.78, 5) is 0. The molecule has 0 bridgehead atoms. The van der Waals surface area contributed by atoms with Crippen LogP contribution in [0.3, 0.4) is 0 Å². The van der Waals surface area contributed by atoms with E-state index in [9.17, 15) is 0 Å². The van der Waals surface area contributed by atoms with Crippen LogP contribution < -0.4 is 0 Å². The van der Waals surface area contributed by atoms with E-state index in [-0.39, 0.29) is 0 Å². The van der Waals surface area contributed by atoms with Gasteiger partial charge in [-0.3, -0.25) is 9.78 Å². The number of fused-ring (bicyclic) bond motifs is 2. The van der Waals surface area contributed by atoms with Gasteiger partial charge >= 0.3 is 0 Å². The van der Waals surface area contributed by atoms with Crippen LogP contribution in [0, 0.1) is 6.92 Å². The molecule has 5 aromatic rings. The molecule has 3 heterocycles. The molecular formula is C18H15N7. The van der Waals surface area contributed by atoms with Crippen LogP contribution in [0.15, 0.2) is 48.8 Å². The number of H-pyrrole nitrogens is 1. The van der Waals surface area contributed by atoms with Crippen LogP contribution in [0.4, 0.5) is 0 Å². The summed E-state index contributed by atoms with van der Waals surface area (Å²) in [6, 6.07) is 12.3. The maximum absolute atomic E-state index is 4.37. The van der Waals surface area contributed by atoms with Crippen molar-refractivity contribution >= 4 is 21.9 Å². The maximum atomic E-state index is 4.37. The third-order valence-electron chi connectivity index (χ3n) is 4.53. The fourth-order valence-corrected chi connectivity index (χ4v) is 3.24. The molecule has 0 spiro atoms. The van der Waals surface area contributed by atoms with Crippen molar-refractivity contribution in [1.82, 2.24) is 35.0 Å². The Kier molecular flexibility index (Phi) is 2.79. The van der Waals surface area contributed by atoms with Gasteiger partial charge in [-0.25, -0.2) is 4.68 Å². The number of hydrogen-bond acceptors (Lipinski definition) is 4. The van der Waals surface area contributed by atoms with Crippen molar-refractivity contribution < 1.29 is 0 Å². The molecule has 5 rings (SSSR count). The topological polar surface area (TPSA) is 77.2 Å². The minimum atomic E-state index is 0.899. The Morgan fingerprint density at radius 3 is 2.84 bits per heavy atom. The Labute approximate surface area is 142 Å². The van der Waals surface area contributed by atoms with E-state index in [4.69, 9.17) is 0 Å². The zero-order chi connectivity index (χ0) is 17.0. The lowest BCUT2D eigenvalue weighted by Gasteiger charge is -2.07. The second kappa shape index (κ2) is 5.01. The fourth-order valence-electron chi connectivity index (χ4n) is 3.24. The van der Waals surface area contributed by atoms with Crippen molar-refractivity contribution in [2.24, 2.45) is 7.05 Å². The highest BCUT2D eigenvalue weighted by Crippen LogP contribution is 2.28. The molecule has 3 aromatic heterocycles. The van der Waals surface area contributed by atoms with Crippen molar-refractivity contribution in [3.05, 3.63) is 54.4 Å². The largest absolute Gasteiger partial charge is 0.278 e. The van der Waals surface area contributed by atoms with Crippen LogP contribution in [0.5, 0.6) is 0 Å². The zero-order valence-electron chi connectivity index (χ0n) is 13.8. The fraction of sp³-hybridized carbons (Fsp3) is 0.111. The molecule has 0 amide bonds. The van der Waals surface area contributed by atoms with Gasteiger partial charge < -0.3 is 0 Å². The van der Waals surface area contributed by atoms with Gasteiger partial charge in [0.05, 0.1) is 28.6 Å². The second-order valence-electron chi connectivity index (χ2n) is 6.14. The van der Waals surface area contributed by atoms with Gasteiger partial charge in [0.15, 0.2) is 0 Å². The summed E-state index contributed by atoms with van der Waals surface area (Å²) in [5, 5.41) is 21.2. The molecule has 0 atom stereocenters. The van der Waals surface area contributed by atoms with Crippen LogP contribution >= 0.6 is 0 Å². The predicted molar refractivity (Wildman–Crippen MR) is 95.5 cm³/mol. The molecule has 25 heavy (non-hydrogen) atoms. The number of aromatic nitrogens is 7. The number of nitrogens with one attached hydrogen (secondary N) is 1. The number of rotatable bonds is 2. The standard InChI is InChI=1S/C18H15N7/c1-11-7-13(16-5-6-20-24(16)2)8-17-18(11)22-23-25(17)14-4-3-12-10-19-21-15(12)9-14/h3-10H,1-2H3,(H,19,21). The summed E-state index contributed by atoms with van der Waals surface area (Å²) >= 11 is 0.